The number of morpholine rings is 1. The van der Waals surface area contributed by atoms with E-state index < -0.39 is 52.6 Å². The zero-order valence-corrected chi connectivity index (χ0v) is 29.3. The number of phenolic OH excluding ortho intramolecular Hbond substituents is 1. The van der Waals surface area contributed by atoms with Crippen LogP contribution in [0.3, 0.4) is 0 Å². The molecule has 3 heterocycles. The topological polar surface area (TPSA) is 117 Å². The number of hydrogen-bond donors (Lipinski definition) is 1. The number of phenols is 1. The number of imide groups is 2. The molecule has 3 saturated heterocycles. The SMILES string of the molecule is COc1cc([C@H]2C3=CC[C@@H]4C(=O)N(c5ccc(N6CCOCC6)cc5)C(=O)[C@@H]4[C@@H]3C[C@H]3C(=O)N(c4ccc(F)c(Cl)c4)C(=O)[C@@]23C)cc(Cl)c1O. The van der Waals surface area contributed by atoms with Crippen molar-refractivity contribution in [2.24, 2.45) is 29.1 Å². The third-order valence-corrected chi connectivity index (χ3v) is 12.1. The predicted molar refractivity (Wildman–Crippen MR) is 188 cm³/mol. The predicted octanol–water partition coefficient (Wildman–Crippen LogP) is 6.12. The van der Waals surface area contributed by atoms with Gasteiger partial charge in [0.05, 0.1) is 64.9 Å². The van der Waals surface area contributed by atoms with Crippen molar-refractivity contribution in [3.63, 3.8) is 0 Å². The van der Waals surface area contributed by atoms with Crippen molar-refractivity contribution in [3.8, 4) is 11.5 Å². The summed E-state index contributed by atoms with van der Waals surface area (Å²) in [6, 6.07) is 14.2. The van der Waals surface area contributed by atoms with Crippen molar-refractivity contribution >= 4 is 63.9 Å². The lowest BCUT2D eigenvalue weighted by atomic mass is 9.51. The van der Waals surface area contributed by atoms with Gasteiger partial charge in [0, 0.05) is 24.7 Å². The third kappa shape index (κ3) is 4.99. The molecule has 0 bridgehead atoms. The molecule has 8 rings (SSSR count). The minimum absolute atomic E-state index is 0.0151. The number of carbonyl (C=O) groups excluding carboxylic acids is 4. The highest BCUT2D eigenvalue weighted by Gasteiger charge is 2.67. The molecule has 2 aliphatic carbocycles. The maximum Gasteiger partial charge on any atom is 0.241 e. The Kier molecular flexibility index (Phi) is 8.16. The van der Waals surface area contributed by atoms with Gasteiger partial charge in [-0.15, -0.1) is 0 Å². The summed E-state index contributed by atoms with van der Waals surface area (Å²) in [5.74, 6) is -6.35. The fourth-order valence-corrected chi connectivity index (χ4v) is 9.46. The number of allylic oxidation sites excluding steroid dienone is 2. The number of halogens is 3. The summed E-state index contributed by atoms with van der Waals surface area (Å²) >= 11 is 12.6. The van der Waals surface area contributed by atoms with Crippen LogP contribution in [-0.4, -0.2) is 62.1 Å². The molecule has 51 heavy (non-hydrogen) atoms. The Morgan fingerprint density at radius 1 is 0.863 bits per heavy atom. The lowest BCUT2D eigenvalue weighted by molar-refractivity contribution is -0.131. The standard InChI is InChI=1S/C38H34Cl2FN3O7/c1-38-26(35(47)44(37(38)49)22-7-10-29(41)27(39)17-22)18-25-23(32(38)19-15-28(40)33(45)30(16-19)50-2)8-9-24-31(25)36(48)43(34(24)46)21-5-3-20(4-6-21)42-11-13-51-14-12-42/h3-8,10,15-17,24-26,31-32,45H,9,11-14,18H2,1-2H3/t24-,25+,26-,31-,32-,38+/m0/s1. The van der Waals surface area contributed by atoms with Crippen molar-refractivity contribution < 1.29 is 38.1 Å². The van der Waals surface area contributed by atoms with Gasteiger partial charge in [0.15, 0.2) is 11.5 Å². The number of amides is 4. The van der Waals surface area contributed by atoms with Crippen LogP contribution in [0.15, 0.2) is 66.2 Å². The van der Waals surface area contributed by atoms with E-state index in [0.717, 1.165) is 35.3 Å². The summed E-state index contributed by atoms with van der Waals surface area (Å²) in [4.78, 5) is 62.1. The summed E-state index contributed by atoms with van der Waals surface area (Å²) < 4.78 is 25.1. The van der Waals surface area contributed by atoms with Crippen LogP contribution in [0.2, 0.25) is 10.0 Å². The highest BCUT2D eigenvalue weighted by molar-refractivity contribution is 6.32. The Hall–Kier alpha value is -4.45. The number of fused-ring (bicyclic) bond motifs is 4. The molecule has 4 fully saturated rings. The van der Waals surface area contributed by atoms with Crippen LogP contribution >= 0.6 is 23.2 Å². The van der Waals surface area contributed by atoms with Gasteiger partial charge >= 0.3 is 0 Å². The second-order valence-corrected chi connectivity index (χ2v) is 14.8. The fraction of sp³-hybridized carbons (Fsp3) is 0.368. The van der Waals surface area contributed by atoms with Crippen LogP contribution in [-0.2, 0) is 23.9 Å². The molecular weight excluding hydrogens is 700 g/mol. The molecule has 4 amide bonds. The van der Waals surface area contributed by atoms with Crippen LogP contribution < -0.4 is 19.4 Å². The van der Waals surface area contributed by atoms with Gasteiger partial charge in [-0.3, -0.25) is 24.1 Å². The van der Waals surface area contributed by atoms with Gasteiger partial charge in [0.1, 0.15) is 5.82 Å². The van der Waals surface area contributed by atoms with E-state index in [-0.39, 0.29) is 51.9 Å². The van der Waals surface area contributed by atoms with E-state index in [1.54, 1.807) is 31.2 Å². The quantitative estimate of drug-likeness (QED) is 0.247. The number of hydrogen-bond acceptors (Lipinski definition) is 8. The van der Waals surface area contributed by atoms with Crippen LogP contribution in [0.4, 0.5) is 21.5 Å². The monoisotopic (exact) mass is 733 g/mol. The maximum atomic E-state index is 14.6. The summed E-state index contributed by atoms with van der Waals surface area (Å²) in [5, 5.41) is 10.4. The highest BCUT2D eigenvalue weighted by atomic mass is 35.5. The zero-order valence-electron chi connectivity index (χ0n) is 27.8. The average Bonchev–Trinajstić information content (AvgIpc) is 3.50. The van der Waals surface area contributed by atoms with E-state index in [0.29, 0.717) is 24.5 Å². The maximum absolute atomic E-state index is 14.6. The van der Waals surface area contributed by atoms with E-state index >= 15 is 0 Å². The van der Waals surface area contributed by atoms with Gasteiger partial charge in [-0.1, -0.05) is 34.9 Å². The van der Waals surface area contributed by atoms with Gasteiger partial charge in [-0.2, -0.15) is 0 Å². The van der Waals surface area contributed by atoms with E-state index in [9.17, 15) is 28.7 Å². The molecule has 0 radical (unpaired) electrons. The van der Waals surface area contributed by atoms with Gasteiger partial charge in [-0.25, -0.2) is 9.29 Å². The third-order valence-electron chi connectivity index (χ3n) is 11.5. The Bertz CT molecular complexity index is 2030. The molecule has 3 aromatic rings. The van der Waals surface area contributed by atoms with Crippen molar-refractivity contribution in [1.29, 1.82) is 0 Å². The highest BCUT2D eigenvalue weighted by Crippen LogP contribution is 2.64. The molecule has 3 aromatic carbocycles. The fourth-order valence-electron chi connectivity index (χ4n) is 9.07. The van der Waals surface area contributed by atoms with Gasteiger partial charge < -0.3 is 19.5 Å². The molecular formula is C38H34Cl2FN3O7. The average molecular weight is 735 g/mol. The Labute approximate surface area is 303 Å². The molecule has 0 spiro atoms. The number of rotatable bonds is 5. The van der Waals surface area contributed by atoms with E-state index in [1.807, 2.05) is 18.2 Å². The summed E-state index contributed by atoms with van der Waals surface area (Å²) in [5.41, 5.74) is 1.42. The molecule has 0 aromatic heterocycles. The van der Waals surface area contributed by atoms with Crippen LogP contribution in [0.25, 0.3) is 0 Å². The lowest BCUT2D eigenvalue weighted by Crippen LogP contribution is -2.48. The number of anilines is 3. The molecule has 6 atom stereocenters. The Morgan fingerprint density at radius 2 is 1.55 bits per heavy atom. The van der Waals surface area contributed by atoms with E-state index in [1.165, 1.54) is 24.1 Å². The number of aromatic hydroxyl groups is 1. The molecule has 0 unspecified atom stereocenters. The van der Waals surface area contributed by atoms with Crippen molar-refractivity contribution in [3.05, 3.63) is 87.7 Å². The molecule has 264 valence electrons. The molecule has 10 nitrogen and oxygen atoms in total. The minimum atomic E-state index is -1.39. The number of methoxy groups -OCH3 is 1. The van der Waals surface area contributed by atoms with Gasteiger partial charge in [-0.05, 0) is 85.8 Å². The molecule has 1 saturated carbocycles. The van der Waals surface area contributed by atoms with Crippen molar-refractivity contribution in [2.45, 2.75) is 25.7 Å². The minimum Gasteiger partial charge on any atom is -0.503 e. The first kappa shape index (κ1) is 33.7. The first-order valence-corrected chi connectivity index (χ1v) is 17.6. The lowest BCUT2D eigenvalue weighted by Gasteiger charge is -2.49. The van der Waals surface area contributed by atoms with Crippen molar-refractivity contribution in [2.75, 3.05) is 48.1 Å². The Morgan fingerprint density at radius 3 is 2.24 bits per heavy atom. The summed E-state index contributed by atoms with van der Waals surface area (Å²) in [6.07, 6.45) is 2.31. The van der Waals surface area contributed by atoms with Crippen LogP contribution in [0, 0.1) is 34.9 Å². The Balaban J connectivity index is 1.21. The van der Waals surface area contributed by atoms with Gasteiger partial charge in [0.2, 0.25) is 23.6 Å². The molecule has 3 aliphatic heterocycles. The largest absolute Gasteiger partial charge is 0.503 e. The second kappa shape index (κ2) is 12.4. The number of nitrogens with zero attached hydrogens (tertiary/aromatic N) is 3. The molecule has 5 aliphatic rings. The normalized spacial score (nSPS) is 28.8. The van der Waals surface area contributed by atoms with Crippen molar-refractivity contribution in [1.82, 2.24) is 0 Å². The smallest absolute Gasteiger partial charge is 0.241 e. The molecule has 1 N–H and O–H groups in total. The molecule has 13 heteroatoms. The number of benzene rings is 3. The summed E-state index contributed by atoms with van der Waals surface area (Å²) in [7, 11) is 1.38. The second-order valence-electron chi connectivity index (χ2n) is 13.9. The van der Waals surface area contributed by atoms with E-state index in [4.69, 9.17) is 32.7 Å². The number of carbonyl (C=O) groups is 4. The van der Waals surface area contributed by atoms with Crippen LogP contribution in [0.1, 0.15) is 31.2 Å². The summed E-state index contributed by atoms with van der Waals surface area (Å²) in [6.45, 7) is 4.45. The van der Waals surface area contributed by atoms with E-state index in [2.05, 4.69) is 4.90 Å². The van der Waals surface area contributed by atoms with Crippen LogP contribution in [0.5, 0.6) is 11.5 Å². The first-order valence-electron chi connectivity index (χ1n) is 16.9. The number of ether oxygens (including phenoxy) is 2. The zero-order chi connectivity index (χ0) is 35.9. The van der Waals surface area contributed by atoms with Gasteiger partial charge in [0.25, 0.3) is 0 Å². The first-order chi connectivity index (χ1) is 24.4.